The summed E-state index contributed by atoms with van der Waals surface area (Å²) in [6.45, 7) is 4.06. The Hall–Kier alpha value is -3.14. The Kier molecular flexibility index (Phi) is 7.02. The maximum absolute atomic E-state index is 13.3. The lowest BCUT2D eigenvalue weighted by Gasteiger charge is -2.25. The van der Waals surface area contributed by atoms with E-state index in [2.05, 4.69) is 17.3 Å². The third-order valence-electron chi connectivity index (χ3n) is 5.82. The van der Waals surface area contributed by atoms with Crippen LogP contribution in [0.3, 0.4) is 0 Å². The highest BCUT2D eigenvalue weighted by molar-refractivity contribution is 7.91. The average Bonchev–Trinajstić information content (AvgIpc) is 3.21. The maximum atomic E-state index is 13.3. The smallest absolute Gasteiger partial charge is 0.239 e. The molecule has 1 aromatic heterocycles. The van der Waals surface area contributed by atoms with Gasteiger partial charge in [0, 0.05) is 18.3 Å². The zero-order chi connectivity index (χ0) is 23.5. The summed E-state index contributed by atoms with van der Waals surface area (Å²) in [4.78, 5) is 14.6. The van der Waals surface area contributed by atoms with E-state index < -0.39 is 9.84 Å². The van der Waals surface area contributed by atoms with Crippen molar-refractivity contribution in [2.75, 3.05) is 29.9 Å². The zero-order valence-corrected chi connectivity index (χ0v) is 18.9. The SMILES string of the molecule is C#CCN(CC(=O)Nc1c(C#N)c(C)c(C)n1Cc1ccc(F)cc1)[C@@H]1CCS(=O)(=O)C1. The summed E-state index contributed by atoms with van der Waals surface area (Å²) in [6, 6.07) is 7.85. The van der Waals surface area contributed by atoms with E-state index in [0.717, 1.165) is 16.8 Å². The molecule has 7 nitrogen and oxygen atoms in total. The summed E-state index contributed by atoms with van der Waals surface area (Å²) in [6.07, 6.45) is 5.87. The van der Waals surface area contributed by atoms with Gasteiger partial charge < -0.3 is 9.88 Å². The van der Waals surface area contributed by atoms with Gasteiger partial charge in [-0.25, -0.2) is 12.8 Å². The molecule has 0 spiro atoms. The van der Waals surface area contributed by atoms with Crippen LogP contribution in [0, 0.1) is 43.3 Å². The fourth-order valence-corrected chi connectivity index (χ4v) is 5.71. The molecule has 168 valence electrons. The molecule has 1 aliphatic rings. The van der Waals surface area contributed by atoms with Crippen molar-refractivity contribution >= 4 is 21.6 Å². The molecular weight excluding hydrogens is 431 g/mol. The van der Waals surface area contributed by atoms with Crippen LogP contribution in [0.5, 0.6) is 0 Å². The fourth-order valence-electron chi connectivity index (χ4n) is 3.95. The number of nitriles is 1. The minimum Gasteiger partial charge on any atom is -0.326 e. The maximum Gasteiger partial charge on any atom is 0.239 e. The summed E-state index contributed by atoms with van der Waals surface area (Å²) in [5, 5.41) is 12.5. The quantitative estimate of drug-likeness (QED) is 0.645. The molecule has 1 amide bonds. The Morgan fingerprint density at radius 2 is 2.03 bits per heavy atom. The van der Waals surface area contributed by atoms with E-state index in [4.69, 9.17) is 6.42 Å². The van der Waals surface area contributed by atoms with Gasteiger partial charge in [-0.05, 0) is 43.5 Å². The Bertz CT molecular complexity index is 1200. The van der Waals surface area contributed by atoms with Crippen LogP contribution in [-0.4, -0.2) is 54.4 Å². The van der Waals surface area contributed by atoms with Gasteiger partial charge in [0.1, 0.15) is 17.7 Å². The average molecular weight is 457 g/mol. The molecular formula is C23H25FN4O3S. The van der Waals surface area contributed by atoms with Crippen LogP contribution in [0.4, 0.5) is 10.2 Å². The summed E-state index contributed by atoms with van der Waals surface area (Å²) in [7, 11) is -3.13. The van der Waals surface area contributed by atoms with Gasteiger partial charge in [-0.3, -0.25) is 9.69 Å². The number of hydrogen-bond donors (Lipinski definition) is 1. The van der Waals surface area contributed by atoms with Crippen LogP contribution in [0.15, 0.2) is 24.3 Å². The zero-order valence-electron chi connectivity index (χ0n) is 18.1. The Morgan fingerprint density at radius 1 is 1.34 bits per heavy atom. The van der Waals surface area contributed by atoms with Gasteiger partial charge in [0.2, 0.25) is 5.91 Å². The lowest BCUT2D eigenvalue weighted by atomic mass is 10.2. The van der Waals surface area contributed by atoms with Gasteiger partial charge in [-0.1, -0.05) is 18.1 Å². The minimum absolute atomic E-state index is 0.0232. The van der Waals surface area contributed by atoms with Gasteiger partial charge >= 0.3 is 0 Å². The van der Waals surface area contributed by atoms with E-state index in [1.807, 2.05) is 11.5 Å². The van der Waals surface area contributed by atoms with Crippen molar-refractivity contribution < 1.29 is 17.6 Å². The number of hydrogen-bond acceptors (Lipinski definition) is 5. The van der Waals surface area contributed by atoms with Crippen molar-refractivity contribution in [1.82, 2.24) is 9.47 Å². The molecule has 1 aromatic carbocycles. The van der Waals surface area contributed by atoms with Gasteiger partial charge in [0.05, 0.1) is 30.2 Å². The van der Waals surface area contributed by atoms with Crippen molar-refractivity contribution in [1.29, 1.82) is 5.26 Å². The van der Waals surface area contributed by atoms with E-state index in [0.29, 0.717) is 24.3 Å². The van der Waals surface area contributed by atoms with Crippen molar-refractivity contribution in [2.24, 2.45) is 0 Å². The fraction of sp³-hybridized carbons (Fsp3) is 0.391. The first-order valence-corrected chi connectivity index (χ1v) is 12.0. The molecule has 0 unspecified atom stereocenters. The van der Waals surface area contributed by atoms with Gasteiger partial charge in [-0.2, -0.15) is 5.26 Å². The molecule has 0 saturated carbocycles. The number of nitrogens with zero attached hydrogens (tertiary/aromatic N) is 3. The number of carbonyl (C=O) groups is 1. The Morgan fingerprint density at radius 3 is 2.59 bits per heavy atom. The molecule has 9 heteroatoms. The first-order chi connectivity index (χ1) is 15.1. The van der Waals surface area contributed by atoms with E-state index in [1.54, 1.807) is 24.0 Å². The van der Waals surface area contributed by atoms with Crippen LogP contribution in [0.1, 0.15) is 28.8 Å². The molecule has 1 atom stereocenters. The van der Waals surface area contributed by atoms with Crippen molar-refractivity contribution in [2.45, 2.75) is 32.9 Å². The Balaban J connectivity index is 1.84. The molecule has 3 rings (SSSR count). The number of rotatable bonds is 7. The molecule has 0 aliphatic carbocycles. The van der Waals surface area contributed by atoms with Crippen LogP contribution >= 0.6 is 0 Å². The second kappa shape index (κ2) is 9.56. The molecule has 0 radical (unpaired) electrons. The van der Waals surface area contributed by atoms with Crippen molar-refractivity contribution in [3.63, 3.8) is 0 Å². The second-order valence-electron chi connectivity index (χ2n) is 7.97. The second-order valence-corrected chi connectivity index (χ2v) is 10.2. The van der Waals surface area contributed by atoms with E-state index in [-0.39, 0.29) is 42.4 Å². The van der Waals surface area contributed by atoms with E-state index >= 15 is 0 Å². The number of benzene rings is 1. The number of anilines is 1. The molecule has 1 saturated heterocycles. The number of sulfone groups is 1. The van der Waals surface area contributed by atoms with Gasteiger partial charge in [0.25, 0.3) is 0 Å². The van der Waals surface area contributed by atoms with Crippen molar-refractivity contribution in [3.05, 3.63) is 52.5 Å². The normalized spacial score (nSPS) is 17.1. The lowest BCUT2D eigenvalue weighted by molar-refractivity contribution is -0.117. The van der Waals surface area contributed by atoms with Crippen LogP contribution in [-0.2, 0) is 21.2 Å². The standard InChI is InChI=1S/C23H25FN4O3S/c1-4-10-27(20-9-11-32(30,31)15-20)14-22(29)26-23-21(12-25)16(2)17(3)28(23)13-18-5-7-19(24)8-6-18/h1,5-8,20H,9-11,13-15H2,2-3H3,(H,26,29)/t20-/m1/s1. The number of amides is 1. The highest BCUT2D eigenvalue weighted by atomic mass is 32.2. The van der Waals surface area contributed by atoms with Crippen LogP contribution in [0.25, 0.3) is 0 Å². The summed E-state index contributed by atoms with van der Waals surface area (Å²) < 4.78 is 38.8. The first kappa shape index (κ1) is 23.5. The minimum atomic E-state index is -3.13. The molecule has 2 heterocycles. The first-order valence-electron chi connectivity index (χ1n) is 10.2. The molecule has 1 N–H and O–H groups in total. The van der Waals surface area contributed by atoms with E-state index in [1.165, 1.54) is 12.1 Å². The molecule has 0 bridgehead atoms. The number of halogens is 1. The third-order valence-corrected chi connectivity index (χ3v) is 7.57. The van der Waals surface area contributed by atoms with Gasteiger partial charge in [0.15, 0.2) is 9.84 Å². The van der Waals surface area contributed by atoms with Gasteiger partial charge in [-0.15, -0.1) is 6.42 Å². The predicted molar refractivity (Wildman–Crippen MR) is 120 cm³/mol. The molecule has 32 heavy (non-hydrogen) atoms. The number of aromatic nitrogens is 1. The summed E-state index contributed by atoms with van der Waals surface area (Å²) in [5.74, 6) is 2.17. The predicted octanol–water partition coefficient (Wildman–Crippen LogP) is 2.22. The highest BCUT2D eigenvalue weighted by Crippen LogP contribution is 2.27. The topological polar surface area (TPSA) is 95.2 Å². The summed E-state index contributed by atoms with van der Waals surface area (Å²) >= 11 is 0. The molecule has 2 aromatic rings. The van der Waals surface area contributed by atoms with Crippen molar-refractivity contribution in [3.8, 4) is 18.4 Å². The Labute approximate surface area is 187 Å². The molecule has 1 fully saturated rings. The number of nitrogens with one attached hydrogen (secondary N) is 1. The third kappa shape index (κ3) is 5.18. The monoisotopic (exact) mass is 456 g/mol. The summed E-state index contributed by atoms with van der Waals surface area (Å²) in [5.41, 5.74) is 2.72. The van der Waals surface area contributed by atoms with Crippen LogP contribution < -0.4 is 5.32 Å². The highest BCUT2D eigenvalue weighted by Gasteiger charge is 2.33. The largest absolute Gasteiger partial charge is 0.326 e. The number of carbonyl (C=O) groups excluding carboxylic acids is 1. The lowest BCUT2D eigenvalue weighted by Crippen LogP contribution is -2.42. The van der Waals surface area contributed by atoms with Crippen LogP contribution in [0.2, 0.25) is 0 Å². The number of terminal acetylenes is 1. The van der Waals surface area contributed by atoms with E-state index in [9.17, 15) is 22.9 Å². The molecule has 1 aliphatic heterocycles.